The van der Waals surface area contributed by atoms with Gasteiger partial charge in [0.1, 0.15) is 10.6 Å². The first-order chi connectivity index (χ1) is 15.4. The van der Waals surface area contributed by atoms with Gasteiger partial charge in [-0.05, 0) is 51.3 Å². The third kappa shape index (κ3) is 5.13. The number of hydrogen-bond acceptors (Lipinski definition) is 7. The molecule has 1 N–H and O–H groups in total. The van der Waals surface area contributed by atoms with Crippen molar-refractivity contribution in [3.8, 4) is 0 Å². The van der Waals surface area contributed by atoms with Crippen molar-refractivity contribution >= 4 is 26.0 Å². The molecule has 0 aliphatic carbocycles. The zero-order valence-electron chi connectivity index (χ0n) is 19.4. The van der Waals surface area contributed by atoms with Crippen molar-refractivity contribution < 1.29 is 26.2 Å². The van der Waals surface area contributed by atoms with E-state index in [0.29, 0.717) is 25.1 Å². The second-order valence-corrected chi connectivity index (χ2v) is 12.5. The molecule has 1 saturated heterocycles. The highest BCUT2D eigenvalue weighted by Crippen LogP contribution is 2.28. The Morgan fingerprint density at radius 1 is 1.18 bits per heavy atom. The first kappa shape index (κ1) is 25.3. The van der Waals surface area contributed by atoms with Crippen LogP contribution in [0.3, 0.4) is 0 Å². The van der Waals surface area contributed by atoms with E-state index in [4.69, 9.17) is 4.52 Å². The Bertz CT molecular complexity index is 1200. The van der Waals surface area contributed by atoms with Crippen molar-refractivity contribution in [3.63, 3.8) is 0 Å². The molecule has 1 fully saturated rings. The van der Waals surface area contributed by atoms with E-state index in [1.165, 1.54) is 30.5 Å². The van der Waals surface area contributed by atoms with Crippen LogP contribution in [0.15, 0.2) is 38.6 Å². The molecule has 1 aromatic carbocycles. The first-order valence-electron chi connectivity index (χ1n) is 10.6. The topological polar surface area (TPSA) is 130 Å². The predicted molar refractivity (Wildman–Crippen MR) is 121 cm³/mol. The number of carbonyl (C=O) groups is 1. The quantitative estimate of drug-likeness (QED) is 0.616. The second-order valence-electron chi connectivity index (χ2n) is 8.44. The molecule has 1 aliphatic rings. The maximum atomic E-state index is 13.1. The summed E-state index contributed by atoms with van der Waals surface area (Å²) >= 11 is 0. The molecule has 2 aromatic rings. The predicted octanol–water partition coefficient (Wildman–Crippen LogP) is 1.82. The van der Waals surface area contributed by atoms with Crippen LogP contribution in [0.1, 0.15) is 42.8 Å². The van der Waals surface area contributed by atoms with Crippen LogP contribution in [0.25, 0.3) is 0 Å². The van der Waals surface area contributed by atoms with Crippen LogP contribution in [0.2, 0.25) is 0 Å². The monoisotopic (exact) mass is 498 g/mol. The van der Waals surface area contributed by atoms with Crippen LogP contribution in [0.5, 0.6) is 0 Å². The summed E-state index contributed by atoms with van der Waals surface area (Å²) in [5.74, 6) is -0.511. The largest absolute Gasteiger partial charge is 0.360 e. The molecule has 182 valence electrons. The van der Waals surface area contributed by atoms with E-state index in [-0.39, 0.29) is 34.0 Å². The summed E-state index contributed by atoms with van der Waals surface area (Å²) in [5.41, 5.74) is 1.05. The van der Waals surface area contributed by atoms with Crippen molar-refractivity contribution in [1.82, 2.24) is 19.1 Å². The second kappa shape index (κ2) is 9.53. The van der Waals surface area contributed by atoms with E-state index in [2.05, 4.69) is 10.5 Å². The summed E-state index contributed by atoms with van der Waals surface area (Å²) < 4.78 is 58.1. The molecule has 33 heavy (non-hydrogen) atoms. The molecule has 2 unspecified atom stereocenters. The lowest BCUT2D eigenvalue weighted by molar-refractivity contribution is -0.126. The number of sulfonamides is 2. The van der Waals surface area contributed by atoms with E-state index in [9.17, 15) is 21.6 Å². The Kier molecular flexibility index (Phi) is 7.32. The SMILES string of the molecule is Cc1noc(C)c1S(=O)(=O)N1CCCC(C(=O)NC(C)c2ccc(S(=O)(=O)N(C)C)cc2)C1. The van der Waals surface area contributed by atoms with Gasteiger partial charge in [0.15, 0.2) is 5.76 Å². The number of carbonyl (C=O) groups excluding carboxylic acids is 1. The summed E-state index contributed by atoms with van der Waals surface area (Å²) in [6.45, 7) is 5.33. The van der Waals surface area contributed by atoms with Gasteiger partial charge in [0, 0.05) is 27.2 Å². The van der Waals surface area contributed by atoms with Crippen LogP contribution in [-0.4, -0.2) is 63.7 Å². The van der Waals surface area contributed by atoms with E-state index in [1.807, 2.05) is 0 Å². The van der Waals surface area contributed by atoms with Crippen molar-refractivity contribution in [3.05, 3.63) is 41.3 Å². The van der Waals surface area contributed by atoms with E-state index in [1.54, 1.807) is 32.9 Å². The third-order valence-corrected chi connectivity index (χ3v) is 9.78. The van der Waals surface area contributed by atoms with Gasteiger partial charge in [0.05, 0.1) is 16.9 Å². The lowest BCUT2D eigenvalue weighted by Gasteiger charge is -2.31. The minimum absolute atomic E-state index is 0.0599. The summed E-state index contributed by atoms with van der Waals surface area (Å²) in [7, 11) is -4.42. The van der Waals surface area contributed by atoms with Gasteiger partial charge < -0.3 is 9.84 Å². The Labute approximate surface area is 195 Å². The number of aryl methyl sites for hydroxylation is 2. The first-order valence-corrected chi connectivity index (χ1v) is 13.5. The summed E-state index contributed by atoms with van der Waals surface area (Å²) in [6.07, 6.45) is 1.14. The average molecular weight is 499 g/mol. The van der Waals surface area contributed by atoms with Crippen molar-refractivity contribution in [2.75, 3.05) is 27.2 Å². The molecular weight excluding hydrogens is 468 g/mol. The molecule has 0 bridgehead atoms. The minimum atomic E-state index is -3.82. The fourth-order valence-electron chi connectivity index (χ4n) is 3.90. The van der Waals surface area contributed by atoms with Gasteiger partial charge in [-0.3, -0.25) is 4.79 Å². The maximum absolute atomic E-state index is 13.1. The lowest BCUT2D eigenvalue weighted by Crippen LogP contribution is -2.46. The number of nitrogens with one attached hydrogen (secondary N) is 1. The van der Waals surface area contributed by atoms with Crippen LogP contribution in [0, 0.1) is 19.8 Å². The van der Waals surface area contributed by atoms with Crippen LogP contribution < -0.4 is 5.32 Å². The highest BCUT2D eigenvalue weighted by atomic mass is 32.2. The van der Waals surface area contributed by atoms with Crippen LogP contribution in [-0.2, 0) is 24.8 Å². The van der Waals surface area contributed by atoms with Crippen LogP contribution in [0.4, 0.5) is 0 Å². The van der Waals surface area contributed by atoms with Crippen molar-refractivity contribution in [1.29, 1.82) is 0 Å². The summed E-state index contributed by atoms with van der Waals surface area (Å²) in [5, 5.41) is 6.66. The Hall–Kier alpha value is -2.28. The molecule has 1 amide bonds. The molecule has 0 spiro atoms. The highest BCUT2D eigenvalue weighted by molar-refractivity contribution is 7.89. The third-order valence-electron chi connectivity index (χ3n) is 5.84. The molecule has 2 atom stereocenters. The number of benzene rings is 1. The van der Waals surface area contributed by atoms with Crippen molar-refractivity contribution in [2.24, 2.45) is 5.92 Å². The molecule has 0 saturated carbocycles. The maximum Gasteiger partial charge on any atom is 0.248 e. The van der Waals surface area contributed by atoms with Crippen LogP contribution >= 0.6 is 0 Å². The standard InChI is InChI=1S/C21H30N4O6S2/c1-14(17-8-10-19(11-9-17)32(27,28)24(4)5)22-21(26)18-7-6-12-25(13-18)33(29,30)20-15(2)23-31-16(20)3/h8-11,14,18H,6-7,12-13H2,1-5H3,(H,22,26). The zero-order chi connectivity index (χ0) is 24.6. The molecule has 2 heterocycles. The Morgan fingerprint density at radius 3 is 2.36 bits per heavy atom. The number of amides is 1. The van der Waals surface area contributed by atoms with E-state index < -0.39 is 26.0 Å². The number of nitrogens with zero attached hydrogens (tertiary/aromatic N) is 3. The Balaban J connectivity index is 1.69. The highest BCUT2D eigenvalue weighted by Gasteiger charge is 2.36. The molecular formula is C21H30N4O6S2. The normalized spacial score (nSPS) is 18.9. The fourth-order valence-corrected chi connectivity index (χ4v) is 6.62. The number of hydrogen-bond donors (Lipinski definition) is 1. The van der Waals surface area contributed by atoms with Gasteiger partial charge in [-0.25, -0.2) is 21.1 Å². The summed E-state index contributed by atoms with van der Waals surface area (Å²) in [6, 6.07) is 5.97. The lowest BCUT2D eigenvalue weighted by atomic mass is 9.98. The average Bonchev–Trinajstić information content (AvgIpc) is 3.12. The fraction of sp³-hybridized carbons (Fsp3) is 0.524. The molecule has 1 aliphatic heterocycles. The Morgan fingerprint density at radius 2 is 1.82 bits per heavy atom. The number of piperidine rings is 1. The summed E-state index contributed by atoms with van der Waals surface area (Å²) in [4.78, 5) is 13.2. The molecule has 10 nitrogen and oxygen atoms in total. The van der Waals surface area contributed by atoms with Crippen molar-refractivity contribution in [2.45, 2.75) is 49.4 Å². The van der Waals surface area contributed by atoms with Gasteiger partial charge in [-0.1, -0.05) is 17.3 Å². The molecule has 3 rings (SSSR count). The number of aromatic nitrogens is 1. The zero-order valence-corrected chi connectivity index (χ0v) is 21.0. The van der Waals surface area contributed by atoms with E-state index in [0.717, 1.165) is 9.87 Å². The molecule has 0 radical (unpaired) electrons. The van der Waals surface area contributed by atoms with Gasteiger partial charge in [0.25, 0.3) is 0 Å². The smallest absolute Gasteiger partial charge is 0.248 e. The number of rotatable bonds is 7. The van der Waals surface area contributed by atoms with Gasteiger partial charge in [-0.2, -0.15) is 4.31 Å². The molecule has 1 aromatic heterocycles. The van der Waals surface area contributed by atoms with Gasteiger partial charge in [0.2, 0.25) is 26.0 Å². The van der Waals surface area contributed by atoms with Gasteiger partial charge >= 0.3 is 0 Å². The minimum Gasteiger partial charge on any atom is -0.360 e. The van der Waals surface area contributed by atoms with E-state index >= 15 is 0 Å². The van der Waals surface area contributed by atoms with Gasteiger partial charge in [-0.15, -0.1) is 0 Å². The molecule has 12 heteroatoms.